The van der Waals surface area contributed by atoms with Gasteiger partial charge in [0.15, 0.2) is 0 Å². The molecule has 2 unspecified atom stereocenters. The fourth-order valence-electron chi connectivity index (χ4n) is 2.61. The number of piperidine rings is 1. The predicted octanol–water partition coefficient (Wildman–Crippen LogP) is 2.18. The van der Waals surface area contributed by atoms with Crippen LogP contribution in [0.5, 0.6) is 0 Å². The van der Waals surface area contributed by atoms with E-state index in [2.05, 4.69) is 13.0 Å². The van der Waals surface area contributed by atoms with Gasteiger partial charge in [0, 0.05) is 6.54 Å². The number of amides is 1. The predicted molar refractivity (Wildman–Crippen MR) is 54.0 cm³/mol. The van der Waals surface area contributed by atoms with Crippen LogP contribution in [0.25, 0.3) is 0 Å². The second kappa shape index (κ2) is 3.64. The van der Waals surface area contributed by atoms with Crippen molar-refractivity contribution in [3.05, 3.63) is 11.6 Å². The number of fused-ring (bicyclic) bond motifs is 2. The lowest BCUT2D eigenvalue weighted by atomic mass is 9.80. The van der Waals surface area contributed by atoms with Crippen molar-refractivity contribution >= 4 is 6.09 Å². The Balaban J connectivity index is 2.18. The summed E-state index contributed by atoms with van der Waals surface area (Å²) in [6.07, 6.45) is 5.57. The third-order valence-corrected chi connectivity index (χ3v) is 3.31. The summed E-state index contributed by atoms with van der Waals surface area (Å²) in [5.41, 5.74) is 1.41. The number of hydrogen-bond donors (Lipinski definition) is 0. The van der Waals surface area contributed by atoms with Crippen molar-refractivity contribution in [1.82, 2.24) is 4.90 Å². The molecule has 0 radical (unpaired) electrons. The third kappa shape index (κ3) is 1.41. The molecule has 14 heavy (non-hydrogen) atoms. The Hall–Kier alpha value is -0.990. The molecule has 0 aromatic carbocycles. The molecule has 3 rings (SSSR count). The zero-order chi connectivity index (χ0) is 10.1. The molecule has 0 spiro atoms. The van der Waals surface area contributed by atoms with Gasteiger partial charge in [-0.15, -0.1) is 0 Å². The molecule has 1 amide bonds. The van der Waals surface area contributed by atoms with Gasteiger partial charge in [-0.05, 0) is 25.2 Å². The van der Waals surface area contributed by atoms with Crippen LogP contribution in [-0.4, -0.2) is 30.7 Å². The van der Waals surface area contributed by atoms with Gasteiger partial charge >= 0.3 is 6.09 Å². The second-order valence-corrected chi connectivity index (χ2v) is 4.07. The van der Waals surface area contributed by atoms with Crippen LogP contribution in [0.2, 0.25) is 0 Å². The number of nitrogens with zero attached hydrogens (tertiary/aromatic N) is 1. The Morgan fingerprint density at radius 1 is 1.64 bits per heavy atom. The summed E-state index contributed by atoms with van der Waals surface area (Å²) in [5.74, 6) is 0.564. The maximum absolute atomic E-state index is 11.5. The van der Waals surface area contributed by atoms with Crippen molar-refractivity contribution in [3.8, 4) is 0 Å². The van der Waals surface area contributed by atoms with Gasteiger partial charge in [-0.2, -0.15) is 0 Å². The number of ether oxygens (including phenoxy) is 1. The first-order valence-corrected chi connectivity index (χ1v) is 5.31. The molecule has 0 N–H and O–H groups in total. The zero-order valence-corrected chi connectivity index (χ0v) is 8.82. The lowest BCUT2D eigenvalue weighted by molar-refractivity contribution is 0.0812. The molecular weight excluding hydrogens is 178 g/mol. The van der Waals surface area contributed by atoms with Crippen LogP contribution < -0.4 is 0 Å². The van der Waals surface area contributed by atoms with Crippen molar-refractivity contribution in [1.29, 1.82) is 0 Å². The maximum Gasteiger partial charge on any atom is 0.410 e. The monoisotopic (exact) mass is 195 g/mol. The largest absolute Gasteiger partial charge is 0.453 e. The molecule has 3 aliphatic rings. The topological polar surface area (TPSA) is 29.5 Å². The van der Waals surface area contributed by atoms with Crippen LogP contribution in [0.1, 0.15) is 26.2 Å². The van der Waals surface area contributed by atoms with E-state index in [1.165, 1.54) is 19.1 Å². The van der Waals surface area contributed by atoms with Gasteiger partial charge in [0.2, 0.25) is 0 Å². The highest BCUT2D eigenvalue weighted by Crippen LogP contribution is 2.35. The molecule has 2 atom stereocenters. The fourth-order valence-corrected chi connectivity index (χ4v) is 2.61. The fraction of sp³-hybridized carbons (Fsp3) is 0.727. The average molecular weight is 195 g/mol. The summed E-state index contributed by atoms with van der Waals surface area (Å²) in [4.78, 5) is 13.4. The van der Waals surface area contributed by atoms with Crippen LogP contribution in [0.3, 0.4) is 0 Å². The third-order valence-electron chi connectivity index (χ3n) is 3.31. The number of carbonyl (C=O) groups is 1. The second-order valence-electron chi connectivity index (χ2n) is 4.07. The SMILES string of the molecule is CCC1=CC2CCC1N(C(=O)OC)C2. The van der Waals surface area contributed by atoms with Crippen LogP contribution >= 0.6 is 0 Å². The molecule has 0 aromatic rings. The molecule has 1 aliphatic carbocycles. The molecule has 0 aromatic heterocycles. The molecular formula is C11H17NO2. The van der Waals surface area contributed by atoms with E-state index in [9.17, 15) is 4.79 Å². The number of carbonyl (C=O) groups excluding carboxylic acids is 1. The van der Waals surface area contributed by atoms with Gasteiger partial charge in [0.05, 0.1) is 13.2 Å². The van der Waals surface area contributed by atoms with Crippen molar-refractivity contribution < 1.29 is 9.53 Å². The van der Waals surface area contributed by atoms with Crippen LogP contribution in [0.4, 0.5) is 4.79 Å². The van der Waals surface area contributed by atoms with E-state index >= 15 is 0 Å². The van der Waals surface area contributed by atoms with Gasteiger partial charge in [-0.3, -0.25) is 0 Å². The lowest BCUT2D eigenvalue weighted by Crippen LogP contribution is -2.50. The first kappa shape index (κ1) is 9.56. The van der Waals surface area contributed by atoms with Gasteiger partial charge in [0.25, 0.3) is 0 Å². The molecule has 1 fully saturated rings. The minimum Gasteiger partial charge on any atom is -0.453 e. The standard InChI is InChI=1S/C11H17NO2/c1-3-9-6-8-4-5-10(9)12(7-8)11(13)14-2/h6,8,10H,3-5,7H2,1-2H3. The summed E-state index contributed by atoms with van der Waals surface area (Å²) < 4.78 is 4.79. The van der Waals surface area contributed by atoms with Crippen molar-refractivity contribution in [3.63, 3.8) is 0 Å². The van der Waals surface area contributed by atoms with Gasteiger partial charge in [0.1, 0.15) is 0 Å². The molecule has 0 saturated carbocycles. The zero-order valence-electron chi connectivity index (χ0n) is 8.82. The summed E-state index contributed by atoms with van der Waals surface area (Å²) in [7, 11) is 1.46. The number of rotatable bonds is 1. The first-order valence-electron chi connectivity index (χ1n) is 5.31. The molecule has 3 nitrogen and oxygen atoms in total. The normalized spacial score (nSPS) is 30.1. The minimum atomic E-state index is -0.168. The Bertz CT molecular complexity index is 272. The van der Waals surface area contributed by atoms with Gasteiger partial charge in [-0.1, -0.05) is 18.6 Å². The van der Waals surface area contributed by atoms with Crippen LogP contribution in [-0.2, 0) is 4.74 Å². The van der Waals surface area contributed by atoms with Gasteiger partial charge in [-0.25, -0.2) is 4.79 Å². The molecule has 78 valence electrons. The highest BCUT2D eigenvalue weighted by molar-refractivity contribution is 5.69. The van der Waals surface area contributed by atoms with E-state index in [0.29, 0.717) is 12.0 Å². The van der Waals surface area contributed by atoms with Crippen molar-refractivity contribution in [2.75, 3.05) is 13.7 Å². The van der Waals surface area contributed by atoms with Crippen molar-refractivity contribution in [2.24, 2.45) is 5.92 Å². The molecule has 3 heteroatoms. The number of hydrogen-bond acceptors (Lipinski definition) is 2. The quantitative estimate of drug-likeness (QED) is 0.600. The van der Waals surface area contributed by atoms with E-state index in [4.69, 9.17) is 4.74 Å². The first-order chi connectivity index (χ1) is 6.76. The highest BCUT2D eigenvalue weighted by Gasteiger charge is 2.37. The van der Waals surface area contributed by atoms with E-state index < -0.39 is 0 Å². The average Bonchev–Trinajstić information content (AvgIpc) is 2.28. The van der Waals surface area contributed by atoms with E-state index in [-0.39, 0.29) is 6.09 Å². The lowest BCUT2D eigenvalue weighted by Gasteiger charge is -2.43. The van der Waals surface area contributed by atoms with E-state index in [0.717, 1.165) is 19.4 Å². The van der Waals surface area contributed by atoms with Crippen LogP contribution in [0.15, 0.2) is 11.6 Å². The Morgan fingerprint density at radius 3 is 3.00 bits per heavy atom. The summed E-state index contributed by atoms with van der Waals surface area (Å²) in [5, 5.41) is 0. The van der Waals surface area contributed by atoms with Gasteiger partial charge < -0.3 is 9.64 Å². The van der Waals surface area contributed by atoms with E-state index in [1.54, 1.807) is 0 Å². The van der Waals surface area contributed by atoms with Crippen LogP contribution in [0, 0.1) is 5.92 Å². The summed E-state index contributed by atoms with van der Waals surface area (Å²) in [6.45, 7) is 3.00. The smallest absolute Gasteiger partial charge is 0.410 e. The summed E-state index contributed by atoms with van der Waals surface area (Å²) in [6, 6.07) is 0.317. The highest BCUT2D eigenvalue weighted by atomic mass is 16.5. The Kier molecular flexibility index (Phi) is 2.48. The summed E-state index contributed by atoms with van der Waals surface area (Å²) >= 11 is 0. The van der Waals surface area contributed by atoms with E-state index in [1.807, 2.05) is 4.90 Å². The Morgan fingerprint density at radius 2 is 2.43 bits per heavy atom. The minimum absolute atomic E-state index is 0.168. The molecule has 2 bridgehead atoms. The molecule has 2 aliphatic heterocycles. The Labute approximate surface area is 84.7 Å². The molecule has 2 heterocycles. The maximum atomic E-state index is 11.5. The van der Waals surface area contributed by atoms with Crippen molar-refractivity contribution in [2.45, 2.75) is 32.2 Å². The molecule has 1 saturated heterocycles. The number of methoxy groups -OCH3 is 1.